The van der Waals surface area contributed by atoms with Gasteiger partial charge < -0.3 is 8.98 Å². The molecule has 3 rings (SSSR count). The van der Waals surface area contributed by atoms with Crippen LogP contribution in [0.3, 0.4) is 0 Å². The van der Waals surface area contributed by atoms with E-state index in [-0.39, 0.29) is 11.7 Å². The Morgan fingerprint density at radius 1 is 1.24 bits per heavy atom. The number of carbonyl (C=O) groups excluding carboxylic acids is 1. The van der Waals surface area contributed by atoms with Gasteiger partial charge in [0.05, 0.1) is 12.5 Å². The van der Waals surface area contributed by atoms with Crippen molar-refractivity contribution in [3.8, 4) is 5.69 Å². The van der Waals surface area contributed by atoms with Crippen molar-refractivity contribution in [2.75, 3.05) is 0 Å². The lowest BCUT2D eigenvalue weighted by Crippen LogP contribution is -2.16. The van der Waals surface area contributed by atoms with Gasteiger partial charge >= 0.3 is 5.91 Å². The van der Waals surface area contributed by atoms with Crippen LogP contribution in [0.4, 0.5) is 0 Å². The molecular weight excluding hydrogens is 314 g/mol. The molecule has 0 fully saturated rings. The highest BCUT2D eigenvalue weighted by atomic mass is 16.3. The summed E-state index contributed by atoms with van der Waals surface area (Å²) >= 11 is 0. The molecule has 2 aromatic heterocycles. The Balaban J connectivity index is 1.79. The number of hydrazone groups is 1. The first-order valence-electron chi connectivity index (χ1n) is 8.25. The molecule has 0 unspecified atom stereocenters. The number of benzene rings is 1. The molecule has 3 aromatic rings. The molecule has 0 spiro atoms. The summed E-state index contributed by atoms with van der Waals surface area (Å²) in [5.74, 6) is -0.135. The van der Waals surface area contributed by atoms with E-state index in [1.807, 2.05) is 13.0 Å². The van der Waals surface area contributed by atoms with Crippen molar-refractivity contribution in [3.05, 3.63) is 77.0 Å². The highest BCUT2D eigenvalue weighted by Gasteiger charge is 2.10. The van der Waals surface area contributed by atoms with Crippen molar-refractivity contribution >= 4 is 12.1 Å². The second-order valence-electron chi connectivity index (χ2n) is 5.86. The van der Waals surface area contributed by atoms with Crippen molar-refractivity contribution in [2.24, 2.45) is 5.10 Å². The fraction of sp³-hybridized carbons (Fsp3) is 0.200. The topological polar surface area (TPSA) is 59.5 Å². The second kappa shape index (κ2) is 7.21. The summed E-state index contributed by atoms with van der Waals surface area (Å²) in [6, 6.07) is 13.8. The van der Waals surface area contributed by atoms with Gasteiger partial charge in [-0.25, -0.2) is 5.43 Å². The molecule has 0 aliphatic carbocycles. The Morgan fingerprint density at radius 2 is 2.00 bits per heavy atom. The monoisotopic (exact) mass is 335 g/mol. The van der Waals surface area contributed by atoms with Crippen LogP contribution in [0, 0.1) is 13.8 Å². The van der Waals surface area contributed by atoms with E-state index in [2.05, 4.69) is 53.2 Å². The predicted molar refractivity (Wildman–Crippen MR) is 98.4 cm³/mol. The van der Waals surface area contributed by atoms with E-state index < -0.39 is 0 Å². The maximum Gasteiger partial charge on any atom is 0.307 e. The number of nitrogens with one attached hydrogen (secondary N) is 1. The summed E-state index contributed by atoms with van der Waals surface area (Å²) in [4.78, 5) is 11.8. The maximum absolute atomic E-state index is 11.8. The first kappa shape index (κ1) is 16.8. The summed E-state index contributed by atoms with van der Waals surface area (Å²) in [6.07, 6.45) is 4.13. The van der Waals surface area contributed by atoms with Gasteiger partial charge in [0.15, 0.2) is 5.76 Å². The first-order valence-corrected chi connectivity index (χ1v) is 8.25. The van der Waals surface area contributed by atoms with Gasteiger partial charge in [-0.3, -0.25) is 4.79 Å². The molecule has 0 bridgehead atoms. The fourth-order valence-corrected chi connectivity index (χ4v) is 2.82. The Labute approximate surface area is 147 Å². The molecular formula is C20H21N3O2. The van der Waals surface area contributed by atoms with Gasteiger partial charge in [-0.15, -0.1) is 0 Å². The lowest BCUT2D eigenvalue weighted by atomic mass is 10.1. The van der Waals surface area contributed by atoms with Crippen LogP contribution in [0.5, 0.6) is 0 Å². The quantitative estimate of drug-likeness (QED) is 0.565. The first-order chi connectivity index (χ1) is 12.1. The van der Waals surface area contributed by atoms with E-state index in [9.17, 15) is 4.79 Å². The van der Waals surface area contributed by atoms with E-state index >= 15 is 0 Å². The minimum absolute atomic E-state index is 0.235. The number of hydrogen-bond acceptors (Lipinski definition) is 3. The van der Waals surface area contributed by atoms with Crippen LogP contribution in [-0.2, 0) is 6.42 Å². The van der Waals surface area contributed by atoms with Crippen molar-refractivity contribution in [1.29, 1.82) is 0 Å². The standard InChI is InChI=1S/C20H21N3O2/c1-4-16-7-9-18(10-8-16)23-14(2)12-17(15(23)3)13-21-22-20(24)19-6-5-11-25-19/h5-13H,4H2,1-3H3,(H,22,24). The van der Waals surface area contributed by atoms with Crippen LogP contribution >= 0.6 is 0 Å². The van der Waals surface area contributed by atoms with Gasteiger partial charge in [-0.1, -0.05) is 19.1 Å². The number of rotatable bonds is 5. The van der Waals surface area contributed by atoms with Crippen molar-refractivity contribution < 1.29 is 9.21 Å². The smallest absolute Gasteiger partial charge is 0.307 e. The highest BCUT2D eigenvalue weighted by Crippen LogP contribution is 2.20. The highest BCUT2D eigenvalue weighted by molar-refractivity contribution is 5.92. The summed E-state index contributed by atoms with van der Waals surface area (Å²) in [7, 11) is 0. The lowest BCUT2D eigenvalue weighted by Gasteiger charge is -2.10. The van der Waals surface area contributed by atoms with Crippen molar-refractivity contribution in [1.82, 2.24) is 9.99 Å². The molecule has 0 radical (unpaired) electrons. The molecule has 0 saturated carbocycles. The fourth-order valence-electron chi connectivity index (χ4n) is 2.82. The number of carbonyl (C=O) groups is 1. The third-order valence-electron chi connectivity index (χ3n) is 4.19. The Bertz CT molecular complexity index is 888. The van der Waals surface area contributed by atoms with Crippen LogP contribution in [0.15, 0.2) is 58.2 Å². The van der Waals surface area contributed by atoms with Crippen molar-refractivity contribution in [3.63, 3.8) is 0 Å². The normalized spacial score (nSPS) is 11.2. The number of amides is 1. The summed E-state index contributed by atoms with van der Waals surface area (Å²) < 4.78 is 7.21. The largest absolute Gasteiger partial charge is 0.459 e. The number of aryl methyl sites for hydroxylation is 2. The Morgan fingerprint density at radius 3 is 2.64 bits per heavy atom. The second-order valence-corrected chi connectivity index (χ2v) is 5.86. The summed E-state index contributed by atoms with van der Waals surface area (Å²) in [5, 5.41) is 4.04. The number of furan rings is 1. The van der Waals surface area contributed by atoms with E-state index in [1.54, 1.807) is 18.3 Å². The molecule has 0 saturated heterocycles. The van der Waals surface area contributed by atoms with Gasteiger partial charge in [0, 0.05) is 22.6 Å². The third kappa shape index (κ3) is 3.55. The van der Waals surface area contributed by atoms with Crippen LogP contribution in [0.1, 0.15) is 40.0 Å². The molecule has 2 heterocycles. The van der Waals surface area contributed by atoms with E-state index in [0.29, 0.717) is 0 Å². The molecule has 0 atom stereocenters. The van der Waals surface area contributed by atoms with Crippen LogP contribution in [0.25, 0.3) is 5.69 Å². The predicted octanol–water partition coefficient (Wildman–Crippen LogP) is 4.01. The zero-order chi connectivity index (χ0) is 17.8. The molecule has 5 nitrogen and oxygen atoms in total. The van der Waals surface area contributed by atoms with Gasteiger partial charge in [0.2, 0.25) is 0 Å². The van der Waals surface area contributed by atoms with Crippen molar-refractivity contribution in [2.45, 2.75) is 27.2 Å². The van der Waals surface area contributed by atoms with Crippen LogP contribution < -0.4 is 5.43 Å². The van der Waals surface area contributed by atoms with E-state index in [4.69, 9.17) is 4.42 Å². The average molecular weight is 335 g/mol. The van der Waals surface area contributed by atoms with Gasteiger partial charge in [-0.2, -0.15) is 5.10 Å². The van der Waals surface area contributed by atoms with Crippen LogP contribution in [0.2, 0.25) is 0 Å². The van der Waals surface area contributed by atoms with Crippen LogP contribution in [-0.4, -0.2) is 16.7 Å². The summed E-state index contributed by atoms with van der Waals surface area (Å²) in [6.45, 7) is 6.24. The zero-order valence-corrected chi connectivity index (χ0v) is 14.6. The molecule has 1 amide bonds. The average Bonchev–Trinajstić information content (AvgIpc) is 3.24. The third-order valence-corrected chi connectivity index (χ3v) is 4.19. The minimum Gasteiger partial charge on any atom is -0.459 e. The number of nitrogens with zero attached hydrogens (tertiary/aromatic N) is 2. The molecule has 0 aliphatic heterocycles. The molecule has 128 valence electrons. The van der Waals surface area contributed by atoms with E-state index in [0.717, 1.165) is 29.1 Å². The minimum atomic E-state index is -0.370. The van der Waals surface area contributed by atoms with Gasteiger partial charge in [0.25, 0.3) is 0 Å². The SMILES string of the molecule is CCc1ccc(-n2c(C)cc(C=NNC(=O)c3ccco3)c2C)cc1. The van der Waals surface area contributed by atoms with E-state index in [1.165, 1.54) is 11.8 Å². The molecule has 1 aromatic carbocycles. The molecule has 1 N–H and O–H groups in total. The zero-order valence-electron chi connectivity index (χ0n) is 14.6. The molecule has 5 heteroatoms. The molecule has 0 aliphatic rings. The van der Waals surface area contributed by atoms with Gasteiger partial charge in [-0.05, 0) is 56.2 Å². The summed E-state index contributed by atoms with van der Waals surface area (Å²) in [5.41, 5.74) is 8.04. The number of aromatic nitrogens is 1. The Kier molecular flexibility index (Phi) is 4.84. The Hall–Kier alpha value is -3.08. The maximum atomic E-state index is 11.8. The lowest BCUT2D eigenvalue weighted by molar-refractivity contribution is 0.0927. The number of hydrogen-bond donors (Lipinski definition) is 1. The van der Waals surface area contributed by atoms with Gasteiger partial charge in [0.1, 0.15) is 0 Å². The molecule has 25 heavy (non-hydrogen) atoms.